The molecule has 0 aromatic heterocycles. The summed E-state index contributed by atoms with van der Waals surface area (Å²) in [6, 6.07) is 25.1. The van der Waals surface area contributed by atoms with Gasteiger partial charge >= 0.3 is 0 Å². The standard InChI is InChI=1S/C24H16Cl2N2O2/c25-20-9-4-8-19(22(20)26)24(30)27-17-13-11-16(12-14-17)23(29)28-21-10-3-6-15-5-1-2-7-18(15)21/h1-14H,(H,27,30)(H,28,29). The Hall–Kier alpha value is -3.34. The highest BCUT2D eigenvalue weighted by molar-refractivity contribution is 6.44. The number of anilines is 2. The maximum Gasteiger partial charge on any atom is 0.257 e. The van der Waals surface area contributed by atoms with Crippen molar-refractivity contribution in [3.05, 3.63) is 106 Å². The van der Waals surface area contributed by atoms with Crippen molar-refractivity contribution in [1.29, 1.82) is 0 Å². The molecule has 4 nitrogen and oxygen atoms in total. The van der Waals surface area contributed by atoms with Crippen molar-refractivity contribution in [3.8, 4) is 0 Å². The Morgan fingerprint density at radius 1 is 0.667 bits per heavy atom. The van der Waals surface area contributed by atoms with Crippen molar-refractivity contribution >= 4 is 57.2 Å². The molecule has 0 fully saturated rings. The van der Waals surface area contributed by atoms with Crippen LogP contribution < -0.4 is 10.6 Å². The van der Waals surface area contributed by atoms with Crippen LogP contribution in [-0.4, -0.2) is 11.8 Å². The van der Waals surface area contributed by atoms with Gasteiger partial charge in [-0.1, -0.05) is 65.7 Å². The van der Waals surface area contributed by atoms with Gasteiger partial charge in [0.05, 0.1) is 15.6 Å². The predicted octanol–water partition coefficient (Wildman–Crippen LogP) is 6.65. The number of rotatable bonds is 4. The average Bonchev–Trinajstić information content (AvgIpc) is 2.76. The van der Waals surface area contributed by atoms with E-state index >= 15 is 0 Å². The summed E-state index contributed by atoms with van der Waals surface area (Å²) in [5, 5.41) is 8.22. The van der Waals surface area contributed by atoms with Crippen molar-refractivity contribution in [2.45, 2.75) is 0 Å². The molecule has 4 aromatic rings. The summed E-state index contributed by atoms with van der Waals surface area (Å²) in [6.45, 7) is 0. The van der Waals surface area contributed by atoms with Crippen LogP contribution >= 0.6 is 23.2 Å². The van der Waals surface area contributed by atoms with Gasteiger partial charge in [-0.3, -0.25) is 9.59 Å². The number of nitrogens with one attached hydrogen (secondary N) is 2. The molecule has 0 saturated heterocycles. The highest BCUT2D eigenvalue weighted by Gasteiger charge is 2.13. The minimum atomic E-state index is -0.379. The van der Waals surface area contributed by atoms with E-state index in [4.69, 9.17) is 23.2 Å². The number of halogens is 2. The molecule has 6 heteroatoms. The molecular weight excluding hydrogens is 419 g/mol. The van der Waals surface area contributed by atoms with Gasteiger partial charge < -0.3 is 10.6 Å². The second-order valence-corrected chi connectivity index (χ2v) is 7.40. The van der Waals surface area contributed by atoms with E-state index in [2.05, 4.69) is 10.6 Å². The van der Waals surface area contributed by atoms with Crippen LogP contribution in [0.15, 0.2) is 84.9 Å². The van der Waals surface area contributed by atoms with E-state index in [0.29, 0.717) is 16.3 Å². The van der Waals surface area contributed by atoms with Crippen LogP contribution in [0.25, 0.3) is 10.8 Å². The van der Waals surface area contributed by atoms with Gasteiger partial charge in [-0.15, -0.1) is 0 Å². The first kappa shape index (κ1) is 20.0. The molecule has 0 aliphatic rings. The Morgan fingerprint density at radius 3 is 2.17 bits per heavy atom. The number of benzene rings is 4. The minimum Gasteiger partial charge on any atom is -0.322 e. The number of amides is 2. The number of fused-ring (bicyclic) bond motifs is 1. The summed E-state index contributed by atoms with van der Waals surface area (Å²) in [6.07, 6.45) is 0. The van der Waals surface area contributed by atoms with E-state index in [1.54, 1.807) is 42.5 Å². The molecule has 0 aliphatic heterocycles. The van der Waals surface area contributed by atoms with Gasteiger partial charge in [0.15, 0.2) is 0 Å². The van der Waals surface area contributed by atoms with Gasteiger partial charge in [0.1, 0.15) is 0 Å². The van der Waals surface area contributed by atoms with Gasteiger partial charge in [0.25, 0.3) is 11.8 Å². The van der Waals surface area contributed by atoms with Crippen molar-refractivity contribution in [2.75, 3.05) is 10.6 Å². The zero-order chi connectivity index (χ0) is 21.1. The predicted molar refractivity (Wildman–Crippen MR) is 123 cm³/mol. The second kappa shape index (κ2) is 8.57. The molecule has 0 spiro atoms. The molecule has 0 atom stereocenters. The Labute approximate surface area is 183 Å². The Morgan fingerprint density at radius 2 is 1.37 bits per heavy atom. The van der Waals surface area contributed by atoms with Crippen molar-refractivity contribution in [1.82, 2.24) is 0 Å². The maximum absolute atomic E-state index is 12.7. The van der Waals surface area contributed by atoms with E-state index in [0.717, 1.165) is 16.5 Å². The van der Waals surface area contributed by atoms with E-state index in [1.807, 2.05) is 42.5 Å². The van der Waals surface area contributed by atoms with Crippen LogP contribution in [0.1, 0.15) is 20.7 Å². The van der Waals surface area contributed by atoms with Crippen LogP contribution in [0.5, 0.6) is 0 Å². The van der Waals surface area contributed by atoms with Crippen LogP contribution in [0.2, 0.25) is 10.0 Å². The summed E-state index contributed by atoms with van der Waals surface area (Å²) in [7, 11) is 0. The molecule has 0 unspecified atom stereocenters. The maximum atomic E-state index is 12.7. The fourth-order valence-electron chi connectivity index (χ4n) is 3.11. The SMILES string of the molecule is O=C(Nc1cccc2ccccc12)c1ccc(NC(=O)c2cccc(Cl)c2Cl)cc1. The molecule has 0 heterocycles. The quantitative estimate of drug-likeness (QED) is 0.377. The first-order chi connectivity index (χ1) is 14.5. The Bertz CT molecular complexity index is 1250. The van der Waals surface area contributed by atoms with E-state index in [-0.39, 0.29) is 22.4 Å². The monoisotopic (exact) mass is 434 g/mol. The molecular formula is C24H16Cl2N2O2. The lowest BCUT2D eigenvalue weighted by atomic mass is 10.1. The van der Waals surface area contributed by atoms with Crippen molar-refractivity contribution < 1.29 is 9.59 Å². The Kier molecular flexibility index (Phi) is 5.70. The lowest BCUT2D eigenvalue weighted by Crippen LogP contribution is -2.14. The van der Waals surface area contributed by atoms with Crippen molar-refractivity contribution in [2.24, 2.45) is 0 Å². The van der Waals surface area contributed by atoms with Gasteiger partial charge in [-0.25, -0.2) is 0 Å². The number of hydrogen-bond donors (Lipinski definition) is 2. The smallest absolute Gasteiger partial charge is 0.257 e. The largest absolute Gasteiger partial charge is 0.322 e. The molecule has 30 heavy (non-hydrogen) atoms. The number of carbonyl (C=O) groups excluding carboxylic acids is 2. The molecule has 4 aromatic carbocycles. The topological polar surface area (TPSA) is 58.2 Å². The third-order valence-corrected chi connectivity index (χ3v) is 5.46. The van der Waals surface area contributed by atoms with E-state index in [1.165, 1.54) is 0 Å². The molecule has 148 valence electrons. The number of carbonyl (C=O) groups is 2. The molecule has 2 amide bonds. The first-order valence-electron chi connectivity index (χ1n) is 9.17. The Balaban J connectivity index is 1.48. The number of hydrogen-bond acceptors (Lipinski definition) is 2. The van der Waals surface area contributed by atoms with Crippen LogP contribution in [0, 0.1) is 0 Å². The normalized spacial score (nSPS) is 10.6. The fourth-order valence-corrected chi connectivity index (χ4v) is 3.50. The third-order valence-electron chi connectivity index (χ3n) is 4.64. The van der Waals surface area contributed by atoms with Crippen LogP contribution in [-0.2, 0) is 0 Å². The summed E-state index contributed by atoms with van der Waals surface area (Å²) in [4.78, 5) is 25.1. The average molecular weight is 435 g/mol. The zero-order valence-electron chi connectivity index (χ0n) is 15.7. The highest BCUT2D eigenvalue weighted by Crippen LogP contribution is 2.27. The van der Waals surface area contributed by atoms with Gasteiger partial charge in [0, 0.05) is 22.3 Å². The summed E-state index contributed by atoms with van der Waals surface area (Å²) < 4.78 is 0. The summed E-state index contributed by atoms with van der Waals surface area (Å²) in [5.41, 5.74) is 2.03. The molecule has 0 radical (unpaired) electrons. The fraction of sp³-hybridized carbons (Fsp3) is 0. The van der Waals surface area contributed by atoms with Crippen LogP contribution in [0.3, 0.4) is 0 Å². The summed E-state index contributed by atoms with van der Waals surface area (Å²) >= 11 is 12.1. The molecule has 2 N–H and O–H groups in total. The van der Waals surface area contributed by atoms with Gasteiger partial charge in [-0.05, 0) is 47.9 Å². The lowest BCUT2D eigenvalue weighted by molar-refractivity contribution is 0.102. The van der Waals surface area contributed by atoms with Crippen molar-refractivity contribution in [3.63, 3.8) is 0 Å². The summed E-state index contributed by atoms with van der Waals surface area (Å²) in [5.74, 6) is -0.613. The lowest BCUT2D eigenvalue weighted by Gasteiger charge is -2.10. The zero-order valence-corrected chi connectivity index (χ0v) is 17.2. The molecule has 0 saturated carbocycles. The van der Waals surface area contributed by atoms with Crippen LogP contribution in [0.4, 0.5) is 11.4 Å². The third kappa shape index (κ3) is 4.15. The first-order valence-corrected chi connectivity index (χ1v) is 9.93. The highest BCUT2D eigenvalue weighted by atomic mass is 35.5. The van der Waals surface area contributed by atoms with E-state index < -0.39 is 0 Å². The second-order valence-electron chi connectivity index (χ2n) is 6.61. The molecule has 0 bridgehead atoms. The minimum absolute atomic E-state index is 0.197. The molecule has 4 rings (SSSR count). The van der Waals surface area contributed by atoms with E-state index in [9.17, 15) is 9.59 Å². The van der Waals surface area contributed by atoms with Gasteiger partial charge in [-0.2, -0.15) is 0 Å². The molecule has 0 aliphatic carbocycles. The van der Waals surface area contributed by atoms with Gasteiger partial charge in [0.2, 0.25) is 0 Å².